The molecule has 0 fully saturated rings. The summed E-state index contributed by atoms with van der Waals surface area (Å²) in [5, 5.41) is 14.8. The Balaban J connectivity index is 1.80. The summed E-state index contributed by atoms with van der Waals surface area (Å²) < 4.78 is 0. The molecule has 1 aromatic carbocycles. The number of rotatable bonds is 6. The third-order valence-electron chi connectivity index (χ3n) is 4.18. The molecule has 6 nitrogen and oxygen atoms in total. The number of amides is 1. The van der Waals surface area contributed by atoms with Gasteiger partial charge in [-0.2, -0.15) is 0 Å². The molecular weight excluding hydrogens is 340 g/mol. The van der Waals surface area contributed by atoms with Gasteiger partial charge in [0.25, 0.3) is 5.91 Å². The number of carbonyl (C=O) groups is 1. The van der Waals surface area contributed by atoms with Crippen molar-refractivity contribution in [2.24, 2.45) is 0 Å². The molecule has 1 amide bonds. The molecule has 6 heteroatoms. The summed E-state index contributed by atoms with van der Waals surface area (Å²) in [5.74, 6) is 0.412. The first-order valence-electron chi connectivity index (χ1n) is 8.74. The van der Waals surface area contributed by atoms with Crippen LogP contribution in [0.1, 0.15) is 21.6 Å². The molecule has 0 aliphatic heterocycles. The molecule has 0 aliphatic rings. The van der Waals surface area contributed by atoms with Crippen LogP contribution in [0, 0.1) is 13.8 Å². The van der Waals surface area contributed by atoms with Gasteiger partial charge in [0.15, 0.2) is 0 Å². The van der Waals surface area contributed by atoms with E-state index in [1.54, 1.807) is 25.3 Å². The molecule has 0 saturated carbocycles. The molecule has 3 rings (SSSR count). The van der Waals surface area contributed by atoms with Crippen molar-refractivity contribution in [2.45, 2.75) is 13.8 Å². The molecule has 3 N–H and O–H groups in total. The van der Waals surface area contributed by atoms with Gasteiger partial charge in [-0.05, 0) is 55.8 Å². The second-order valence-corrected chi connectivity index (χ2v) is 6.18. The number of carbonyl (C=O) groups excluding carboxylic acids is 1. The van der Waals surface area contributed by atoms with Crippen LogP contribution in [-0.2, 0) is 0 Å². The van der Waals surface area contributed by atoms with E-state index in [0.29, 0.717) is 29.3 Å². The zero-order valence-corrected chi connectivity index (χ0v) is 15.4. The molecule has 0 unspecified atom stereocenters. The Labute approximate surface area is 158 Å². The van der Waals surface area contributed by atoms with Crippen molar-refractivity contribution in [2.75, 3.05) is 23.8 Å². The molecular formula is C21H22N4O2. The smallest absolute Gasteiger partial charge is 0.257 e. The van der Waals surface area contributed by atoms with E-state index in [2.05, 4.69) is 20.6 Å². The Morgan fingerprint density at radius 2 is 1.96 bits per heavy atom. The maximum Gasteiger partial charge on any atom is 0.257 e. The summed E-state index contributed by atoms with van der Waals surface area (Å²) in [6, 6.07) is 15.0. The van der Waals surface area contributed by atoms with Gasteiger partial charge in [0.1, 0.15) is 5.82 Å². The SMILES string of the molecule is Cc1ccc(NC(=O)c2ccc(NCCO)nc2C)cc1-c1ccccn1. The first kappa shape index (κ1) is 18.5. The third-order valence-corrected chi connectivity index (χ3v) is 4.18. The number of hydrogen-bond acceptors (Lipinski definition) is 5. The fourth-order valence-corrected chi connectivity index (χ4v) is 2.78. The number of aromatic nitrogens is 2. The first-order valence-corrected chi connectivity index (χ1v) is 8.74. The topological polar surface area (TPSA) is 87.1 Å². The Hall–Kier alpha value is -3.25. The molecule has 27 heavy (non-hydrogen) atoms. The fraction of sp³-hybridized carbons (Fsp3) is 0.190. The number of pyridine rings is 2. The molecule has 0 aliphatic carbocycles. The maximum atomic E-state index is 12.7. The second-order valence-electron chi connectivity index (χ2n) is 6.18. The number of nitrogens with zero attached hydrogens (tertiary/aromatic N) is 2. The highest BCUT2D eigenvalue weighted by atomic mass is 16.3. The van der Waals surface area contributed by atoms with E-state index < -0.39 is 0 Å². The van der Waals surface area contributed by atoms with Crippen molar-refractivity contribution >= 4 is 17.4 Å². The molecule has 2 heterocycles. The first-order chi connectivity index (χ1) is 13.1. The molecule has 0 atom stereocenters. The number of aliphatic hydroxyl groups excluding tert-OH is 1. The summed E-state index contributed by atoms with van der Waals surface area (Å²) >= 11 is 0. The molecule has 0 spiro atoms. The Bertz CT molecular complexity index is 942. The largest absolute Gasteiger partial charge is 0.395 e. The van der Waals surface area contributed by atoms with Gasteiger partial charge in [0.2, 0.25) is 0 Å². The van der Waals surface area contributed by atoms with Crippen LogP contribution in [-0.4, -0.2) is 34.1 Å². The predicted octanol–water partition coefficient (Wildman–Crippen LogP) is 3.42. The van der Waals surface area contributed by atoms with E-state index >= 15 is 0 Å². The molecule has 0 radical (unpaired) electrons. The Kier molecular flexibility index (Phi) is 5.78. The third kappa shape index (κ3) is 4.48. The van der Waals surface area contributed by atoms with Crippen molar-refractivity contribution in [3.05, 3.63) is 71.5 Å². The van der Waals surface area contributed by atoms with E-state index in [1.807, 2.05) is 43.3 Å². The minimum Gasteiger partial charge on any atom is -0.395 e. The Morgan fingerprint density at radius 3 is 2.67 bits per heavy atom. The van der Waals surface area contributed by atoms with Crippen LogP contribution in [0.15, 0.2) is 54.7 Å². The van der Waals surface area contributed by atoms with Crippen LogP contribution in [0.3, 0.4) is 0 Å². The summed E-state index contributed by atoms with van der Waals surface area (Å²) in [6.07, 6.45) is 1.75. The summed E-state index contributed by atoms with van der Waals surface area (Å²) in [4.78, 5) is 21.4. The zero-order chi connectivity index (χ0) is 19.2. The van der Waals surface area contributed by atoms with Crippen molar-refractivity contribution in [3.8, 4) is 11.3 Å². The average Bonchev–Trinajstić information content (AvgIpc) is 2.68. The molecule has 2 aromatic heterocycles. The van der Waals surface area contributed by atoms with E-state index in [1.165, 1.54) is 0 Å². The second kappa shape index (κ2) is 8.42. The average molecular weight is 362 g/mol. The van der Waals surface area contributed by atoms with Gasteiger partial charge in [-0.15, -0.1) is 0 Å². The van der Waals surface area contributed by atoms with Gasteiger partial charge >= 0.3 is 0 Å². The van der Waals surface area contributed by atoms with Gasteiger partial charge in [-0.25, -0.2) is 4.98 Å². The number of hydrogen-bond donors (Lipinski definition) is 3. The number of nitrogens with one attached hydrogen (secondary N) is 2. The molecule has 0 bridgehead atoms. The standard InChI is InChI=1S/C21H22N4O2/c1-14-6-7-16(13-18(14)19-5-3-4-10-22-19)25-21(27)17-8-9-20(23-11-12-26)24-15(17)2/h3-10,13,26H,11-12H2,1-2H3,(H,23,24)(H,25,27). The van der Waals surface area contributed by atoms with Crippen LogP contribution < -0.4 is 10.6 Å². The molecule has 0 saturated heterocycles. The maximum absolute atomic E-state index is 12.7. The highest BCUT2D eigenvalue weighted by Gasteiger charge is 2.12. The lowest BCUT2D eigenvalue weighted by Crippen LogP contribution is -2.15. The van der Waals surface area contributed by atoms with Gasteiger partial charge in [-0.3, -0.25) is 9.78 Å². The number of anilines is 2. The van der Waals surface area contributed by atoms with Gasteiger partial charge in [-0.1, -0.05) is 12.1 Å². The monoisotopic (exact) mass is 362 g/mol. The number of benzene rings is 1. The quantitative estimate of drug-likeness (QED) is 0.625. The number of aliphatic hydroxyl groups is 1. The van der Waals surface area contributed by atoms with E-state index in [4.69, 9.17) is 5.11 Å². The lowest BCUT2D eigenvalue weighted by Gasteiger charge is -2.12. The summed E-state index contributed by atoms with van der Waals surface area (Å²) in [6.45, 7) is 4.24. The van der Waals surface area contributed by atoms with Gasteiger partial charge in [0, 0.05) is 24.0 Å². The van der Waals surface area contributed by atoms with Gasteiger partial charge < -0.3 is 15.7 Å². The zero-order valence-electron chi connectivity index (χ0n) is 15.4. The van der Waals surface area contributed by atoms with E-state index in [0.717, 1.165) is 16.8 Å². The molecule has 3 aromatic rings. The van der Waals surface area contributed by atoms with Crippen LogP contribution in [0.2, 0.25) is 0 Å². The summed E-state index contributed by atoms with van der Waals surface area (Å²) in [5.41, 5.74) is 4.75. The van der Waals surface area contributed by atoms with Crippen molar-refractivity contribution in [1.82, 2.24) is 9.97 Å². The fourth-order valence-electron chi connectivity index (χ4n) is 2.78. The van der Waals surface area contributed by atoms with Crippen molar-refractivity contribution < 1.29 is 9.90 Å². The van der Waals surface area contributed by atoms with Crippen LogP contribution in [0.25, 0.3) is 11.3 Å². The lowest BCUT2D eigenvalue weighted by atomic mass is 10.0. The van der Waals surface area contributed by atoms with E-state index in [-0.39, 0.29) is 12.5 Å². The van der Waals surface area contributed by atoms with Crippen LogP contribution >= 0.6 is 0 Å². The molecule has 138 valence electrons. The van der Waals surface area contributed by atoms with Gasteiger partial charge in [0.05, 0.1) is 23.6 Å². The minimum absolute atomic E-state index is 0.0228. The highest BCUT2D eigenvalue weighted by Crippen LogP contribution is 2.25. The predicted molar refractivity (Wildman–Crippen MR) is 107 cm³/mol. The summed E-state index contributed by atoms with van der Waals surface area (Å²) in [7, 11) is 0. The van der Waals surface area contributed by atoms with Crippen molar-refractivity contribution in [3.63, 3.8) is 0 Å². The lowest BCUT2D eigenvalue weighted by molar-refractivity contribution is 0.102. The minimum atomic E-state index is -0.218. The van der Waals surface area contributed by atoms with Crippen LogP contribution in [0.4, 0.5) is 11.5 Å². The number of aryl methyl sites for hydroxylation is 2. The highest BCUT2D eigenvalue weighted by molar-refractivity contribution is 6.05. The van der Waals surface area contributed by atoms with E-state index in [9.17, 15) is 4.79 Å². The normalized spacial score (nSPS) is 10.5. The van der Waals surface area contributed by atoms with Crippen molar-refractivity contribution in [1.29, 1.82) is 0 Å². The Morgan fingerprint density at radius 1 is 1.11 bits per heavy atom. The van der Waals surface area contributed by atoms with Crippen LogP contribution in [0.5, 0.6) is 0 Å².